The number of benzene rings is 1. The number of carboxylic acids is 1. The van der Waals surface area contributed by atoms with Gasteiger partial charge in [0.2, 0.25) is 11.8 Å². The molecule has 2 N–H and O–H groups in total. The normalized spacial score (nSPS) is 11.5. The van der Waals surface area contributed by atoms with E-state index < -0.39 is 11.5 Å². The molecule has 0 aliphatic carbocycles. The molecule has 6 nitrogen and oxygen atoms in total. The third-order valence-electron chi connectivity index (χ3n) is 2.70. The van der Waals surface area contributed by atoms with Gasteiger partial charge in [-0.25, -0.2) is 0 Å². The molecule has 2 aromatic rings. The molecule has 0 aliphatic heterocycles. The zero-order chi connectivity index (χ0) is 13.9. The third kappa shape index (κ3) is 3.17. The van der Waals surface area contributed by atoms with Gasteiger partial charge in [0.15, 0.2) is 0 Å². The molecule has 1 heterocycles. The van der Waals surface area contributed by atoms with Gasteiger partial charge in [-0.15, -0.1) is 10.2 Å². The summed E-state index contributed by atoms with van der Waals surface area (Å²) in [5.41, 5.74) is -0.208. The van der Waals surface area contributed by atoms with Crippen LogP contribution in [0.3, 0.4) is 0 Å². The number of carbonyl (C=O) groups is 1. The first-order valence-electron chi connectivity index (χ1n) is 5.85. The molecule has 0 unspecified atom stereocenters. The maximum Gasteiger partial charge on any atom is 0.323 e. The third-order valence-corrected chi connectivity index (χ3v) is 2.70. The van der Waals surface area contributed by atoms with E-state index in [4.69, 9.17) is 9.52 Å². The maximum atomic E-state index is 10.9. The van der Waals surface area contributed by atoms with E-state index in [1.165, 1.54) is 0 Å². The van der Waals surface area contributed by atoms with Crippen LogP contribution in [-0.2, 0) is 11.3 Å². The van der Waals surface area contributed by atoms with Crippen molar-refractivity contribution in [3.05, 3.63) is 36.2 Å². The largest absolute Gasteiger partial charge is 0.480 e. The Balaban J connectivity index is 2.05. The molecule has 1 aromatic heterocycles. The van der Waals surface area contributed by atoms with Crippen molar-refractivity contribution in [2.75, 3.05) is 0 Å². The maximum absolute atomic E-state index is 10.9. The molecule has 0 bridgehead atoms. The molecule has 2 rings (SSSR count). The zero-order valence-electron chi connectivity index (χ0n) is 10.8. The van der Waals surface area contributed by atoms with Crippen molar-refractivity contribution in [1.82, 2.24) is 15.5 Å². The van der Waals surface area contributed by atoms with E-state index in [1.54, 1.807) is 13.8 Å². The number of hydrogen-bond donors (Lipinski definition) is 2. The molecule has 0 radical (unpaired) electrons. The minimum Gasteiger partial charge on any atom is -0.480 e. The lowest BCUT2D eigenvalue weighted by Gasteiger charge is -2.19. The predicted octanol–water partition coefficient (Wildman–Crippen LogP) is 1.69. The Labute approximate surface area is 110 Å². The smallest absolute Gasteiger partial charge is 0.323 e. The van der Waals surface area contributed by atoms with Crippen molar-refractivity contribution in [2.24, 2.45) is 0 Å². The van der Waals surface area contributed by atoms with E-state index in [0.29, 0.717) is 11.8 Å². The quantitative estimate of drug-likeness (QED) is 0.851. The van der Waals surface area contributed by atoms with Gasteiger partial charge in [0.25, 0.3) is 0 Å². The fourth-order valence-corrected chi connectivity index (χ4v) is 1.39. The van der Waals surface area contributed by atoms with E-state index >= 15 is 0 Å². The molecule has 0 spiro atoms. The summed E-state index contributed by atoms with van der Waals surface area (Å²) in [4.78, 5) is 10.9. The van der Waals surface area contributed by atoms with Crippen molar-refractivity contribution in [3.8, 4) is 11.5 Å². The standard InChI is InChI=1S/C13H15N3O3/c1-13(2,12(17)18)14-8-10-15-16-11(19-10)9-6-4-3-5-7-9/h3-7,14H,8H2,1-2H3,(H,17,18). The second-order valence-corrected chi connectivity index (χ2v) is 4.65. The van der Waals surface area contributed by atoms with Gasteiger partial charge < -0.3 is 9.52 Å². The summed E-state index contributed by atoms with van der Waals surface area (Å²) in [5, 5.41) is 19.6. The molecule has 100 valence electrons. The first-order chi connectivity index (χ1) is 8.99. The molecule has 19 heavy (non-hydrogen) atoms. The van der Waals surface area contributed by atoms with E-state index in [0.717, 1.165) is 5.56 Å². The molecular formula is C13H15N3O3. The molecule has 0 fully saturated rings. The van der Waals surface area contributed by atoms with Gasteiger partial charge in [0, 0.05) is 5.56 Å². The van der Waals surface area contributed by atoms with Crippen molar-refractivity contribution in [3.63, 3.8) is 0 Å². The summed E-state index contributed by atoms with van der Waals surface area (Å²) in [7, 11) is 0. The van der Waals surface area contributed by atoms with Gasteiger partial charge in [-0.05, 0) is 26.0 Å². The van der Waals surface area contributed by atoms with Gasteiger partial charge >= 0.3 is 5.97 Å². The molecule has 0 amide bonds. The fourth-order valence-electron chi connectivity index (χ4n) is 1.39. The van der Waals surface area contributed by atoms with Crippen molar-refractivity contribution >= 4 is 5.97 Å². The van der Waals surface area contributed by atoms with Crippen LogP contribution in [0.4, 0.5) is 0 Å². The second-order valence-electron chi connectivity index (χ2n) is 4.65. The number of nitrogens with zero attached hydrogens (tertiary/aromatic N) is 2. The lowest BCUT2D eigenvalue weighted by Crippen LogP contribution is -2.46. The number of aliphatic carboxylic acids is 1. The Morgan fingerprint density at radius 2 is 2.00 bits per heavy atom. The topological polar surface area (TPSA) is 88.3 Å². The Hall–Kier alpha value is -2.21. The van der Waals surface area contributed by atoms with Gasteiger partial charge in [0.1, 0.15) is 5.54 Å². The summed E-state index contributed by atoms with van der Waals surface area (Å²) in [6.07, 6.45) is 0. The van der Waals surface area contributed by atoms with E-state index in [1.807, 2.05) is 30.3 Å². The average molecular weight is 261 g/mol. The number of rotatable bonds is 5. The van der Waals surface area contributed by atoms with Crippen LogP contribution >= 0.6 is 0 Å². The minimum absolute atomic E-state index is 0.207. The molecule has 1 aromatic carbocycles. The molecule has 0 saturated heterocycles. The summed E-state index contributed by atoms with van der Waals surface area (Å²) in [5.74, 6) is -0.158. The number of carboxylic acid groups (broad SMARTS) is 1. The molecule has 6 heteroatoms. The second kappa shape index (κ2) is 5.19. The summed E-state index contributed by atoms with van der Waals surface area (Å²) in [6, 6.07) is 9.39. The van der Waals surface area contributed by atoms with Crippen LogP contribution in [0, 0.1) is 0 Å². The molecule has 0 atom stereocenters. The van der Waals surface area contributed by atoms with Crippen molar-refractivity contribution in [1.29, 1.82) is 0 Å². The lowest BCUT2D eigenvalue weighted by molar-refractivity contribution is -0.143. The Bertz CT molecular complexity index is 564. The van der Waals surface area contributed by atoms with E-state index in [9.17, 15) is 4.79 Å². The van der Waals surface area contributed by atoms with Gasteiger partial charge in [-0.1, -0.05) is 18.2 Å². The van der Waals surface area contributed by atoms with Crippen LogP contribution in [0.15, 0.2) is 34.7 Å². The molecule has 0 aliphatic rings. The Morgan fingerprint density at radius 1 is 1.32 bits per heavy atom. The van der Waals surface area contributed by atoms with Crippen LogP contribution < -0.4 is 5.32 Å². The zero-order valence-corrected chi connectivity index (χ0v) is 10.8. The van der Waals surface area contributed by atoms with Crippen LogP contribution in [0.25, 0.3) is 11.5 Å². The first-order valence-corrected chi connectivity index (χ1v) is 5.85. The van der Waals surface area contributed by atoms with Crippen molar-refractivity contribution < 1.29 is 14.3 Å². The number of hydrogen-bond acceptors (Lipinski definition) is 5. The highest BCUT2D eigenvalue weighted by Gasteiger charge is 2.26. The van der Waals surface area contributed by atoms with Crippen LogP contribution in [-0.4, -0.2) is 26.8 Å². The highest BCUT2D eigenvalue weighted by molar-refractivity contribution is 5.77. The summed E-state index contributed by atoms with van der Waals surface area (Å²) in [6.45, 7) is 3.35. The highest BCUT2D eigenvalue weighted by atomic mass is 16.4. The van der Waals surface area contributed by atoms with Crippen LogP contribution in [0.2, 0.25) is 0 Å². The highest BCUT2D eigenvalue weighted by Crippen LogP contribution is 2.17. The summed E-state index contributed by atoms with van der Waals surface area (Å²) < 4.78 is 5.47. The summed E-state index contributed by atoms with van der Waals surface area (Å²) >= 11 is 0. The van der Waals surface area contributed by atoms with Crippen molar-refractivity contribution in [2.45, 2.75) is 25.9 Å². The van der Waals surface area contributed by atoms with Crippen LogP contribution in [0.5, 0.6) is 0 Å². The monoisotopic (exact) mass is 261 g/mol. The van der Waals surface area contributed by atoms with Gasteiger partial charge in [-0.3, -0.25) is 10.1 Å². The van der Waals surface area contributed by atoms with Gasteiger partial charge in [0.05, 0.1) is 6.54 Å². The Kier molecular flexibility index (Phi) is 3.62. The van der Waals surface area contributed by atoms with E-state index in [2.05, 4.69) is 15.5 Å². The Morgan fingerprint density at radius 3 is 2.63 bits per heavy atom. The predicted molar refractivity (Wildman–Crippen MR) is 68.3 cm³/mol. The molecule has 0 saturated carbocycles. The van der Waals surface area contributed by atoms with Gasteiger partial charge in [-0.2, -0.15) is 0 Å². The molecular weight excluding hydrogens is 246 g/mol. The van der Waals surface area contributed by atoms with E-state index in [-0.39, 0.29) is 6.54 Å². The SMILES string of the molecule is CC(C)(NCc1nnc(-c2ccccc2)o1)C(=O)O. The number of aromatic nitrogens is 2. The number of nitrogens with one attached hydrogen (secondary N) is 1. The van der Waals surface area contributed by atoms with Crippen LogP contribution in [0.1, 0.15) is 19.7 Å². The average Bonchev–Trinajstić information content (AvgIpc) is 2.86. The lowest BCUT2D eigenvalue weighted by atomic mass is 10.1. The fraction of sp³-hybridized carbons (Fsp3) is 0.308. The minimum atomic E-state index is -1.04. The first kappa shape index (κ1) is 13.2.